The van der Waals surface area contributed by atoms with E-state index in [9.17, 15) is 21.6 Å². The highest BCUT2D eigenvalue weighted by Crippen LogP contribution is 2.30. The van der Waals surface area contributed by atoms with E-state index in [1.807, 2.05) is 30.3 Å². The van der Waals surface area contributed by atoms with Crippen molar-refractivity contribution in [2.45, 2.75) is 31.7 Å². The molecule has 0 atom stereocenters. The summed E-state index contributed by atoms with van der Waals surface area (Å²) in [6.45, 7) is 3.84. The van der Waals surface area contributed by atoms with Crippen LogP contribution >= 0.6 is 0 Å². The lowest BCUT2D eigenvalue weighted by Crippen LogP contribution is -2.32. The SMILES string of the molecule is CCN(Cc1ccccc1)S(=O)(=O)c1cc(N2C(=O)CCS2(=O)=O)ccc1C. The van der Waals surface area contributed by atoms with Crippen LogP contribution in [0.15, 0.2) is 53.4 Å². The molecule has 0 radical (unpaired) electrons. The molecule has 7 nitrogen and oxygen atoms in total. The molecule has 0 unspecified atom stereocenters. The molecule has 0 aliphatic carbocycles. The molecule has 1 heterocycles. The van der Waals surface area contributed by atoms with E-state index in [1.165, 1.54) is 22.5 Å². The molecule has 0 aromatic heterocycles. The molecule has 1 fully saturated rings. The van der Waals surface area contributed by atoms with Crippen LogP contribution in [0.3, 0.4) is 0 Å². The van der Waals surface area contributed by atoms with Gasteiger partial charge in [-0.3, -0.25) is 4.79 Å². The molecular weight excluding hydrogens is 400 g/mol. The van der Waals surface area contributed by atoms with Crippen LogP contribution in [0, 0.1) is 6.92 Å². The maximum absolute atomic E-state index is 13.3. The van der Waals surface area contributed by atoms with Gasteiger partial charge in [0.2, 0.25) is 26.0 Å². The molecular formula is C19H22N2O5S2. The largest absolute Gasteiger partial charge is 0.273 e. The van der Waals surface area contributed by atoms with E-state index in [4.69, 9.17) is 0 Å². The first-order valence-electron chi connectivity index (χ1n) is 8.87. The van der Waals surface area contributed by atoms with E-state index >= 15 is 0 Å². The highest BCUT2D eigenvalue weighted by Gasteiger charge is 2.37. The van der Waals surface area contributed by atoms with Gasteiger partial charge in [-0.05, 0) is 30.2 Å². The van der Waals surface area contributed by atoms with Gasteiger partial charge in [0.05, 0.1) is 16.3 Å². The van der Waals surface area contributed by atoms with E-state index in [1.54, 1.807) is 13.8 Å². The Labute approximate surface area is 165 Å². The predicted octanol–water partition coefficient (Wildman–Crippen LogP) is 2.27. The minimum atomic E-state index is -3.89. The van der Waals surface area contributed by atoms with Crippen molar-refractivity contribution in [3.8, 4) is 0 Å². The number of aryl methyl sites for hydroxylation is 1. The van der Waals surface area contributed by atoms with Crippen LogP contribution < -0.4 is 4.31 Å². The normalized spacial score (nSPS) is 16.7. The van der Waals surface area contributed by atoms with Gasteiger partial charge in [-0.1, -0.05) is 43.3 Å². The van der Waals surface area contributed by atoms with Crippen LogP contribution in [-0.2, 0) is 31.4 Å². The minimum Gasteiger partial charge on any atom is -0.273 e. The van der Waals surface area contributed by atoms with Gasteiger partial charge >= 0.3 is 0 Å². The highest BCUT2D eigenvalue weighted by molar-refractivity contribution is 7.94. The number of anilines is 1. The molecule has 1 saturated heterocycles. The summed E-state index contributed by atoms with van der Waals surface area (Å²) in [4.78, 5) is 12.1. The van der Waals surface area contributed by atoms with Gasteiger partial charge in [-0.15, -0.1) is 0 Å². The number of hydrogen-bond donors (Lipinski definition) is 0. The third-order valence-electron chi connectivity index (χ3n) is 4.66. The van der Waals surface area contributed by atoms with Crippen molar-refractivity contribution in [1.29, 1.82) is 0 Å². The van der Waals surface area contributed by atoms with E-state index in [2.05, 4.69) is 0 Å². The average molecular weight is 423 g/mol. The number of hydrogen-bond acceptors (Lipinski definition) is 5. The average Bonchev–Trinajstić information content (AvgIpc) is 2.93. The van der Waals surface area contributed by atoms with Crippen molar-refractivity contribution < 1.29 is 21.6 Å². The second-order valence-electron chi connectivity index (χ2n) is 6.59. The first kappa shape index (κ1) is 20.5. The maximum atomic E-state index is 13.3. The summed E-state index contributed by atoms with van der Waals surface area (Å²) in [6.07, 6.45) is -0.104. The Bertz CT molecular complexity index is 1100. The smallest absolute Gasteiger partial charge is 0.243 e. The van der Waals surface area contributed by atoms with Crippen LogP contribution in [0.4, 0.5) is 5.69 Å². The first-order valence-corrected chi connectivity index (χ1v) is 11.9. The molecule has 1 amide bonds. The second kappa shape index (κ2) is 7.65. The fraction of sp³-hybridized carbons (Fsp3) is 0.316. The minimum absolute atomic E-state index is 0.00215. The summed E-state index contributed by atoms with van der Waals surface area (Å²) in [6, 6.07) is 13.5. The molecule has 150 valence electrons. The van der Waals surface area contributed by atoms with Crippen molar-refractivity contribution in [2.24, 2.45) is 0 Å². The molecule has 0 N–H and O–H groups in total. The van der Waals surface area contributed by atoms with Gasteiger partial charge in [0.1, 0.15) is 0 Å². The molecule has 3 rings (SSSR count). The lowest BCUT2D eigenvalue weighted by atomic mass is 10.2. The zero-order valence-electron chi connectivity index (χ0n) is 15.7. The Morgan fingerprint density at radius 2 is 1.79 bits per heavy atom. The summed E-state index contributed by atoms with van der Waals surface area (Å²) >= 11 is 0. The Balaban J connectivity index is 2.03. The molecule has 0 saturated carbocycles. The molecule has 28 heavy (non-hydrogen) atoms. The third-order valence-corrected chi connectivity index (χ3v) is 8.41. The highest BCUT2D eigenvalue weighted by atomic mass is 32.2. The molecule has 2 aromatic rings. The van der Waals surface area contributed by atoms with Gasteiger partial charge in [0.25, 0.3) is 0 Å². The molecule has 1 aliphatic heterocycles. The molecule has 2 aromatic carbocycles. The van der Waals surface area contributed by atoms with Crippen molar-refractivity contribution >= 4 is 31.6 Å². The third kappa shape index (κ3) is 3.82. The van der Waals surface area contributed by atoms with Gasteiger partial charge in [-0.25, -0.2) is 21.1 Å². The Morgan fingerprint density at radius 1 is 1.11 bits per heavy atom. The summed E-state index contributed by atoms with van der Waals surface area (Å²) < 4.78 is 53.0. The number of sulfonamides is 2. The lowest BCUT2D eigenvalue weighted by molar-refractivity contribution is -0.116. The van der Waals surface area contributed by atoms with Gasteiger partial charge in [0, 0.05) is 19.5 Å². The lowest BCUT2D eigenvalue weighted by Gasteiger charge is -2.23. The van der Waals surface area contributed by atoms with E-state index < -0.39 is 26.0 Å². The summed E-state index contributed by atoms with van der Waals surface area (Å²) in [5, 5.41) is 0. The standard InChI is InChI=1S/C19H22N2O5S2/c1-3-20(14-16-7-5-4-6-8-16)28(25,26)18-13-17(10-9-15(18)2)21-19(22)11-12-27(21,23)24/h4-10,13H,3,11-12,14H2,1-2H3. The first-order chi connectivity index (χ1) is 13.2. The monoisotopic (exact) mass is 422 g/mol. The molecule has 0 spiro atoms. The summed E-state index contributed by atoms with van der Waals surface area (Å²) in [5.74, 6) is -0.819. The maximum Gasteiger partial charge on any atom is 0.243 e. The van der Waals surface area contributed by atoms with Crippen LogP contribution in [0.2, 0.25) is 0 Å². The Morgan fingerprint density at radius 3 is 2.36 bits per heavy atom. The van der Waals surface area contributed by atoms with Gasteiger partial charge in [-0.2, -0.15) is 4.31 Å². The predicted molar refractivity (Wildman–Crippen MR) is 107 cm³/mol. The Hall–Kier alpha value is -2.23. The Kier molecular flexibility index (Phi) is 5.60. The zero-order valence-corrected chi connectivity index (χ0v) is 17.3. The molecule has 1 aliphatic rings. The van der Waals surface area contributed by atoms with E-state index in [0.29, 0.717) is 9.87 Å². The fourth-order valence-electron chi connectivity index (χ4n) is 3.15. The van der Waals surface area contributed by atoms with Crippen molar-refractivity contribution in [3.63, 3.8) is 0 Å². The number of rotatable bonds is 6. The number of carbonyl (C=O) groups is 1. The number of amides is 1. The van der Waals surface area contributed by atoms with Gasteiger partial charge in [0.15, 0.2) is 0 Å². The van der Waals surface area contributed by atoms with Crippen LogP contribution in [0.5, 0.6) is 0 Å². The summed E-state index contributed by atoms with van der Waals surface area (Å²) in [5.41, 5.74) is 1.39. The molecule has 0 bridgehead atoms. The fourth-order valence-corrected chi connectivity index (χ4v) is 6.29. The van der Waals surface area contributed by atoms with E-state index in [-0.39, 0.29) is 35.8 Å². The van der Waals surface area contributed by atoms with Crippen LogP contribution in [-0.4, -0.2) is 39.3 Å². The van der Waals surface area contributed by atoms with Crippen LogP contribution in [0.25, 0.3) is 0 Å². The van der Waals surface area contributed by atoms with E-state index in [0.717, 1.165) is 5.56 Å². The van der Waals surface area contributed by atoms with Crippen LogP contribution in [0.1, 0.15) is 24.5 Å². The second-order valence-corrected chi connectivity index (χ2v) is 10.4. The summed E-state index contributed by atoms with van der Waals surface area (Å²) in [7, 11) is -7.65. The van der Waals surface area contributed by atoms with Crippen molar-refractivity contribution in [3.05, 3.63) is 59.7 Å². The van der Waals surface area contributed by atoms with Crippen molar-refractivity contribution in [2.75, 3.05) is 16.6 Å². The quantitative estimate of drug-likeness (QED) is 0.712. The van der Waals surface area contributed by atoms with Crippen molar-refractivity contribution in [1.82, 2.24) is 4.31 Å². The number of carbonyl (C=O) groups excluding carboxylic acids is 1. The zero-order chi connectivity index (χ0) is 20.5. The molecule has 9 heteroatoms. The number of nitrogens with zero attached hydrogens (tertiary/aromatic N) is 2. The topological polar surface area (TPSA) is 91.8 Å². The van der Waals surface area contributed by atoms with Gasteiger partial charge < -0.3 is 0 Å². The number of benzene rings is 2.